The van der Waals surface area contributed by atoms with Crippen LogP contribution in [0.3, 0.4) is 0 Å². The molecule has 11 heteroatoms. The van der Waals surface area contributed by atoms with Gasteiger partial charge in [0.25, 0.3) is 0 Å². The van der Waals surface area contributed by atoms with Gasteiger partial charge >= 0.3 is 11.9 Å². The van der Waals surface area contributed by atoms with Gasteiger partial charge in [-0.1, -0.05) is 69.7 Å². The normalized spacial score (nSPS) is 14.0. The molecule has 0 saturated heterocycles. The molecule has 0 aromatic heterocycles. The number of rotatable bonds is 28. The Labute approximate surface area is 272 Å². The van der Waals surface area contributed by atoms with Crippen LogP contribution in [0.2, 0.25) is 0 Å². The summed E-state index contributed by atoms with van der Waals surface area (Å²) < 4.78 is 22.7. The van der Waals surface area contributed by atoms with Gasteiger partial charge in [0.2, 0.25) is 5.91 Å². The van der Waals surface area contributed by atoms with E-state index in [-0.39, 0.29) is 26.1 Å². The Morgan fingerprint density at radius 1 is 0.913 bits per heavy atom. The molecular formula is C35H54FNO9. The first kappa shape index (κ1) is 40.7. The quantitative estimate of drug-likeness (QED) is 0.0646. The second-order valence-corrected chi connectivity index (χ2v) is 11.7. The predicted molar refractivity (Wildman–Crippen MR) is 174 cm³/mol. The third-order valence-corrected chi connectivity index (χ3v) is 7.84. The molecule has 0 aliphatic carbocycles. The molecule has 1 aromatic carbocycles. The number of hydrogen-bond donors (Lipinski definition) is 4. The second kappa shape index (κ2) is 23.9. The predicted octanol–water partition coefficient (Wildman–Crippen LogP) is 5.83. The number of Topliss-reactive ketones (excluding diaryl/α,β-unsaturated/α-hetero) is 1. The van der Waals surface area contributed by atoms with Gasteiger partial charge in [-0.15, -0.1) is 0 Å². The molecule has 1 aromatic rings. The van der Waals surface area contributed by atoms with Crippen molar-refractivity contribution in [3.63, 3.8) is 0 Å². The maximum Gasteiger partial charge on any atom is 0.336 e. The molecule has 0 fully saturated rings. The molecule has 0 aliphatic heterocycles. The highest BCUT2D eigenvalue weighted by atomic mass is 19.1. The van der Waals surface area contributed by atoms with Gasteiger partial charge in [0.05, 0.1) is 19.2 Å². The maximum atomic E-state index is 13.4. The van der Waals surface area contributed by atoms with Crippen LogP contribution < -0.4 is 10.1 Å². The van der Waals surface area contributed by atoms with Crippen molar-refractivity contribution >= 4 is 23.6 Å². The van der Waals surface area contributed by atoms with E-state index in [9.17, 15) is 38.9 Å². The SMILES string of the molecule is CCCCCCCC(=O)CCCCCC/C=C/[C@H](C(=O)N[C@@H](Cc1ccc(OCCCF)cc1)C(=O)O)[C@@](O)(CCOC)C(=O)O. The Morgan fingerprint density at radius 2 is 1.54 bits per heavy atom. The molecule has 4 N–H and O–H groups in total. The molecule has 10 nitrogen and oxygen atoms in total. The van der Waals surface area contributed by atoms with Crippen LogP contribution in [0.4, 0.5) is 4.39 Å². The first-order valence-electron chi connectivity index (χ1n) is 16.5. The fourth-order valence-electron chi connectivity index (χ4n) is 5.00. The number of carboxylic acids is 2. The minimum Gasteiger partial charge on any atom is -0.494 e. The van der Waals surface area contributed by atoms with Crippen molar-refractivity contribution in [2.75, 3.05) is 27.0 Å². The summed E-state index contributed by atoms with van der Waals surface area (Å²) in [6.07, 6.45) is 13.3. The van der Waals surface area contributed by atoms with Gasteiger partial charge in [-0.05, 0) is 43.4 Å². The average Bonchev–Trinajstić information content (AvgIpc) is 3.03. The highest BCUT2D eigenvalue weighted by Crippen LogP contribution is 2.26. The molecule has 260 valence electrons. The summed E-state index contributed by atoms with van der Waals surface area (Å²) in [7, 11) is 1.34. The van der Waals surface area contributed by atoms with Gasteiger partial charge in [0.1, 0.15) is 17.6 Å². The van der Waals surface area contributed by atoms with E-state index in [4.69, 9.17) is 9.47 Å². The molecule has 1 rings (SSSR count). The molecule has 3 atom stereocenters. The largest absolute Gasteiger partial charge is 0.494 e. The van der Waals surface area contributed by atoms with Crippen molar-refractivity contribution in [1.29, 1.82) is 0 Å². The number of amides is 1. The van der Waals surface area contributed by atoms with Crippen LogP contribution in [-0.4, -0.2) is 77.6 Å². The number of carbonyl (C=O) groups excluding carboxylic acids is 2. The first-order valence-corrected chi connectivity index (χ1v) is 16.5. The van der Waals surface area contributed by atoms with Gasteiger partial charge in [-0.3, -0.25) is 14.0 Å². The van der Waals surface area contributed by atoms with E-state index in [1.54, 1.807) is 30.3 Å². The molecule has 0 bridgehead atoms. The fourth-order valence-corrected chi connectivity index (χ4v) is 5.00. The lowest BCUT2D eigenvalue weighted by Crippen LogP contribution is -2.55. The Hall–Kier alpha value is -3.31. The summed E-state index contributed by atoms with van der Waals surface area (Å²) in [6.45, 7) is 1.72. The van der Waals surface area contributed by atoms with Crippen molar-refractivity contribution in [3.05, 3.63) is 42.0 Å². The number of benzene rings is 1. The molecule has 0 saturated carbocycles. The number of allylic oxidation sites excluding steroid dienone is 1. The highest BCUT2D eigenvalue weighted by molar-refractivity contribution is 5.92. The maximum absolute atomic E-state index is 13.4. The lowest BCUT2D eigenvalue weighted by Gasteiger charge is -2.30. The van der Waals surface area contributed by atoms with Gasteiger partial charge in [-0.25, -0.2) is 9.59 Å². The van der Waals surface area contributed by atoms with Crippen LogP contribution in [0.15, 0.2) is 36.4 Å². The third-order valence-electron chi connectivity index (χ3n) is 7.84. The van der Waals surface area contributed by atoms with E-state index in [0.29, 0.717) is 36.4 Å². The van der Waals surface area contributed by atoms with E-state index in [0.717, 1.165) is 38.5 Å². The topological polar surface area (TPSA) is 159 Å². The van der Waals surface area contributed by atoms with Crippen LogP contribution in [-0.2, 0) is 30.3 Å². The first-order chi connectivity index (χ1) is 22.1. The second-order valence-electron chi connectivity index (χ2n) is 11.7. The zero-order chi connectivity index (χ0) is 34.2. The molecular weight excluding hydrogens is 597 g/mol. The van der Waals surface area contributed by atoms with E-state index < -0.39 is 48.5 Å². The van der Waals surface area contributed by atoms with E-state index >= 15 is 0 Å². The van der Waals surface area contributed by atoms with Crippen molar-refractivity contribution in [1.82, 2.24) is 5.32 Å². The van der Waals surface area contributed by atoms with E-state index in [2.05, 4.69) is 12.2 Å². The number of unbranched alkanes of at least 4 members (excludes halogenated alkanes) is 8. The van der Waals surface area contributed by atoms with Gasteiger partial charge < -0.3 is 30.1 Å². The lowest BCUT2D eigenvalue weighted by molar-refractivity contribution is -0.168. The van der Waals surface area contributed by atoms with Crippen molar-refractivity contribution in [2.24, 2.45) is 5.92 Å². The highest BCUT2D eigenvalue weighted by Gasteiger charge is 2.47. The number of aliphatic carboxylic acids is 2. The van der Waals surface area contributed by atoms with E-state index in [1.165, 1.54) is 32.4 Å². The number of carbonyl (C=O) groups is 4. The molecule has 0 unspecified atom stereocenters. The summed E-state index contributed by atoms with van der Waals surface area (Å²) in [6, 6.07) is 5.07. The number of alkyl halides is 1. The standard InChI is InChI=1S/C35H54FNO9/c1-3-4-5-8-11-15-28(38)16-12-9-6-7-10-13-17-30(35(44,34(42)43)22-25-45-2)32(39)37-31(33(40)41)26-27-18-20-29(21-19-27)46-24-14-23-36/h13,17-21,30-31,44H,3-12,14-16,22-26H2,1-2H3,(H,37,39)(H,40,41)(H,42,43)/b17-13+/t30-,31+,35+/m1/s1. The summed E-state index contributed by atoms with van der Waals surface area (Å²) in [5, 5.41) is 33.3. The number of halogens is 1. The molecule has 46 heavy (non-hydrogen) atoms. The number of aliphatic hydroxyl groups is 1. The van der Waals surface area contributed by atoms with E-state index in [1.807, 2.05) is 0 Å². The van der Waals surface area contributed by atoms with Crippen LogP contribution in [0, 0.1) is 5.92 Å². The number of methoxy groups -OCH3 is 1. The van der Waals surface area contributed by atoms with Gasteiger partial charge in [0.15, 0.2) is 5.60 Å². The molecule has 0 aliphatic rings. The van der Waals surface area contributed by atoms with Crippen LogP contribution in [0.25, 0.3) is 0 Å². The zero-order valence-corrected chi connectivity index (χ0v) is 27.5. The Kier molecular flexibility index (Phi) is 21.2. The summed E-state index contributed by atoms with van der Waals surface area (Å²) >= 11 is 0. The summed E-state index contributed by atoms with van der Waals surface area (Å²) in [4.78, 5) is 49.7. The molecule has 0 radical (unpaired) electrons. The summed E-state index contributed by atoms with van der Waals surface area (Å²) in [5.74, 6) is -4.69. The number of hydrogen-bond acceptors (Lipinski definition) is 7. The van der Waals surface area contributed by atoms with Crippen LogP contribution in [0.1, 0.15) is 102 Å². The lowest BCUT2D eigenvalue weighted by atomic mass is 9.83. The van der Waals surface area contributed by atoms with Gasteiger partial charge in [-0.2, -0.15) is 0 Å². The molecule has 0 heterocycles. The molecule has 0 spiro atoms. The zero-order valence-electron chi connectivity index (χ0n) is 27.5. The smallest absolute Gasteiger partial charge is 0.336 e. The van der Waals surface area contributed by atoms with Crippen molar-refractivity contribution in [3.8, 4) is 5.75 Å². The Balaban J connectivity index is 2.80. The monoisotopic (exact) mass is 651 g/mol. The van der Waals surface area contributed by atoms with Crippen molar-refractivity contribution in [2.45, 2.75) is 115 Å². The van der Waals surface area contributed by atoms with Crippen LogP contribution in [0.5, 0.6) is 5.75 Å². The number of nitrogens with one attached hydrogen (secondary N) is 1. The number of ether oxygens (including phenoxy) is 2. The minimum absolute atomic E-state index is 0.104. The van der Waals surface area contributed by atoms with Crippen molar-refractivity contribution < 1.29 is 48.4 Å². The minimum atomic E-state index is -2.53. The average molecular weight is 652 g/mol. The molecule has 1 amide bonds. The Bertz CT molecular complexity index is 1060. The number of carboxylic acid groups (broad SMARTS) is 2. The summed E-state index contributed by atoms with van der Waals surface area (Å²) in [5.41, 5.74) is -1.96. The van der Waals surface area contributed by atoms with Gasteiger partial charge in [0, 0.05) is 45.8 Å². The fraction of sp³-hybridized carbons (Fsp3) is 0.657. The Morgan fingerprint density at radius 3 is 2.11 bits per heavy atom. The third kappa shape index (κ3) is 16.3. The number of ketones is 1. The van der Waals surface area contributed by atoms with Crippen LogP contribution >= 0.6 is 0 Å².